The fourth-order valence-electron chi connectivity index (χ4n) is 1.32. The number of oxazole rings is 1. The number of nitriles is 1. The first kappa shape index (κ1) is 10.8. The van der Waals surface area contributed by atoms with Gasteiger partial charge in [-0.3, -0.25) is 0 Å². The van der Waals surface area contributed by atoms with E-state index in [2.05, 4.69) is 17.2 Å². The van der Waals surface area contributed by atoms with Gasteiger partial charge in [0.2, 0.25) is 0 Å². The molecule has 0 saturated carbocycles. The minimum absolute atomic E-state index is 0.246. The number of fused-ring (bicyclic) bond motifs is 1. The minimum atomic E-state index is 0.246. The standard InChI is InChI=1S/C11H11N3OS/c1-2-5-16-8-3-4-9-10(6-8)15-11(14-9)13-7-12/h3-4,6H,2,5H2,1H3,(H,13,14). The fourth-order valence-corrected chi connectivity index (χ4v) is 2.11. The van der Waals surface area contributed by atoms with Crippen LogP contribution in [0.15, 0.2) is 27.5 Å². The van der Waals surface area contributed by atoms with Gasteiger partial charge in [-0.15, -0.1) is 11.8 Å². The SMILES string of the molecule is CCCSc1ccc2nc(NC#N)oc2c1. The molecule has 2 rings (SSSR count). The number of aromatic nitrogens is 1. The van der Waals surface area contributed by atoms with Crippen LogP contribution in [0.4, 0.5) is 6.01 Å². The molecule has 0 aliphatic heterocycles. The van der Waals surface area contributed by atoms with E-state index in [-0.39, 0.29) is 6.01 Å². The molecule has 1 aromatic carbocycles. The molecule has 1 aromatic heterocycles. The Morgan fingerprint density at radius 2 is 2.44 bits per heavy atom. The third kappa shape index (κ3) is 2.28. The van der Waals surface area contributed by atoms with Gasteiger partial charge in [0.1, 0.15) is 5.52 Å². The van der Waals surface area contributed by atoms with Crippen LogP contribution in [0.5, 0.6) is 0 Å². The predicted octanol–water partition coefficient (Wildman–Crippen LogP) is 3.22. The molecule has 0 aliphatic rings. The van der Waals surface area contributed by atoms with E-state index in [1.54, 1.807) is 18.0 Å². The van der Waals surface area contributed by atoms with E-state index in [1.165, 1.54) is 0 Å². The summed E-state index contributed by atoms with van der Waals surface area (Å²) < 4.78 is 5.37. The van der Waals surface area contributed by atoms with Gasteiger partial charge in [-0.2, -0.15) is 10.2 Å². The van der Waals surface area contributed by atoms with E-state index >= 15 is 0 Å². The van der Waals surface area contributed by atoms with E-state index in [0.29, 0.717) is 5.58 Å². The molecule has 0 radical (unpaired) electrons. The van der Waals surface area contributed by atoms with Crippen molar-refractivity contribution in [2.24, 2.45) is 0 Å². The average molecular weight is 233 g/mol. The molecule has 5 heteroatoms. The van der Waals surface area contributed by atoms with Gasteiger partial charge in [0.25, 0.3) is 0 Å². The maximum absolute atomic E-state index is 8.45. The van der Waals surface area contributed by atoms with Crippen molar-refractivity contribution >= 4 is 28.9 Å². The molecule has 0 saturated heterocycles. The number of anilines is 1. The van der Waals surface area contributed by atoms with E-state index in [1.807, 2.05) is 18.2 Å². The number of thioether (sulfide) groups is 1. The fraction of sp³-hybridized carbons (Fsp3) is 0.273. The second-order valence-corrected chi connectivity index (χ2v) is 4.40. The number of nitrogens with one attached hydrogen (secondary N) is 1. The minimum Gasteiger partial charge on any atom is -0.423 e. The topological polar surface area (TPSA) is 61.9 Å². The largest absolute Gasteiger partial charge is 0.423 e. The van der Waals surface area contributed by atoms with Crippen LogP contribution < -0.4 is 5.32 Å². The van der Waals surface area contributed by atoms with Gasteiger partial charge in [-0.05, 0) is 30.4 Å². The molecular weight excluding hydrogens is 222 g/mol. The van der Waals surface area contributed by atoms with Crippen LogP contribution >= 0.6 is 11.8 Å². The zero-order valence-corrected chi connectivity index (χ0v) is 9.67. The highest BCUT2D eigenvalue weighted by atomic mass is 32.2. The molecule has 0 unspecified atom stereocenters. The van der Waals surface area contributed by atoms with Crippen molar-refractivity contribution < 1.29 is 4.42 Å². The van der Waals surface area contributed by atoms with Crippen LogP contribution in [-0.4, -0.2) is 10.7 Å². The van der Waals surface area contributed by atoms with Crippen LogP contribution in [0.1, 0.15) is 13.3 Å². The molecular formula is C11H11N3OS. The van der Waals surface area contributed by atoms with Crippen molar-refractivity contribution in [1.29, 1.82) is 5.26 Å². The predicted molar refractivity (Wildman–Crippen MR) is 64.3 cm³/mol. The number of hydrogen-bond acceptors (Lipinski definition) is 5. The molecule has 0 bridgehead atoms. The summed E-state index contributed by atoms with van der Waals surface area (Å²) in [6, 6.07) is 6.11. The Kier molecular flexibility index (Phi) is 3.32. The van der Waals surface area contributed by atoms with Crippen LogP contribution in [0, 0.1) is 11.5 Å². The second-order valence-electron chi connectivity index (χ2n) is 3.23. The lowest BCUT2D eigenvalue weighted by Gasteiger charge is -1.97. The lowest BCUT2D eigenvalue weighted by atomic mass is 10.3. The molecule has 2 aromatic rings. The van der Waals surface area contributed by atoms with Crippen molar-refractivity contribution in [3.8, 4) is 6.19 Å². The first-order valence-corrected chi connectivity index (χ1v) is 6.00. The maximum atomic E-state index is 8.45. The first-order valence-electron chi connectivity index (χ1n) is 5.02. The molecule has 1 heterocycles. The first-order chi connectivity index (χ1) is 7.83. The number of hydrogen-bond donors (Lipinski definition) is 1. The average Bonchev–Trinajstić information content (AvgIpc) is 2.68. The van der Waals surface area contributed by atoms with Gasteiger partial charge >= 0.3 is 6.01 Å². The van der Waals surface area contributed by atoms with Crippen molar-refractivity contribution in [3.05, 3.63) is 18.2 Å². The quantitative estimate of drug-likeness (QED) is 0.499. The zero-order chi connectivity index (χ0) is 11.4. The van der Waals surface area contributed by atoms with Gasteiger partial charge in [-0.1, -0.05) is 6.92 Å². The molecule has 0 aliphatic carbocycles. The highest BCUT2D eigenvalue weighted by Crippen LogP contribution is 2.25. The Bertz CT molecular complexity index is 529. The normalized spacial score (nSPS) is 10.2. The molecule has 0 atom stereocenters. The molecule has 0 amide bonds. The highest BCUT2D eigenvalue weighted by molar-refractivity contribution is 7.99. The smallest absolute Gasteiger partial charge is 0.309 e. The summed E-state index contributed by atoms with van der Waals surface area (Å²) in [6.07, 6.45) is 2.92. The summed E-state index contributed by atoms with van der Waals surface area (Å²) in [5.41, 5.74) is 1.47. The molecule has 0 fully saturated rings. The van der Waals surface area contributed by atoms with E-state index < -0.39 is 0 Å². The lowest BCUT2D eigenvalue weighted by molar-refractivity contribution is 0.622. The zero-order valence-electron chi connectivity index (χ0n) is 8.86. The van der Waals surface area contributed by atoms with Crippen molar-refractivity contribution in [2.75, 3.05) is 11.1 Å². The van der Waals surface area contributed by atoms with E-state index in [0.717, 1.165) is 22.6 Å². The summed E-state index contributed by atoms with van der Waals surface area (Å²) >= 11 is 1.78. The highest BCUT2D eigenvalue weighted by Gasteiger charge is 2.05. The maximum Gasteiger partial charge on any atom is 0.309 e. The number of benzene rings is 1. The lowest BCUT2D eigenvalue weighted by Crippen LogP contribution is -1.84. The van der Waals surface area contributed by atoms with Gasteiger partial charge in [0.15, 0.2) is 11.8 Å². The van der Waals surface area contributed by atoms with Crippen molar-refractivity contribution in [3.63, 3.8) is 0 Å². The third-order valence-corrected chi connectivity index (χ3v) is 3.20. The van der Waals surface area contributed by atoms with Crippen LogP contribution in [-0.2, 0) is 0 Å². The van der Waals surface area contributed by atoms with Gasteiger partial charge in [0, 0.05) is 4.90 Å². The van der Waals surface area contributed by atoms with Gasteiger partial charge in [0.05, 0.1) is 0 Å². The Hall–Kier alpha value is -1.67. The molecule has 0 spiro atoms. The summed E-state index contributed by atoms with van der Waals surface area (Å²) in [4.78, 5) is 5.28. The van der Waals surface area contributed by atoms with Crippen LogP contribution in [0.25, 0.3) is 11.1 Å². The third-order valence-electron chi connectivity index (χ3n) is 2.00. The monoisotopic (exact) mass is 233 g/mol. The number of nitrogens with zero attached hydrogens (tertiary/aromatic N) is 2. The second kappa shape index (κ2) is 4.90. The Balaban J connectivity index is 2.27. The summed E-state index contributed by atoms with van der Waals surface area (Å²) in [7, 11) is 0. The van der Waals surface area contributed by atoms with Gasteiger partial charge in [-0.25, -0.2) is 5.32 Å². The molecule has 16 heavy (non-hydrogen) atoms. The summed E-state index contributed by atoms with van der Waals surface area (Å²) in [5, 5.41) is 10.8. The van der Waals surface area contributed by atoms with E-state index in [9.17, 15) is 0 Å². The van der Waals surface area contributed by atoms with Crippen LogP contribution in [0.2, 0.25) is 0 Å². The van der Waals surface area contributed by atoms with Crippen molar-refractivity contribution in [1.82, 2.24) is 4.98 Å². The Labute approximate surface area is 97.7 Å². The molecule has 1 N–H and O–H groups in total. The summed E-state index contributed by atoms with van der Waals surface area (Å²) in [5.74, 6) is 1.09. The Morgan fingerprint density at radius 1 is 1.56 bits per heavy atom. The molecule has 4 nitrogen and oxygen atoms in total. The Morgan fingerprint density at radius 3 is 3.19 bits per heavy atom. The van der Waals surface area contributed by atoms with Gasteiger partial charge < -0.3 is 4.42 Å². The van der Waals surface area contributed by atoms with Crippen LogP contribution in [0.3, 0.4) is 0 Å². The number of rotatable bonds is 4. The summed E-state index contributed by atoms with van der Waals surface area (Å²) in [6.45, 7) is 2.15. The molecule has 82 valence electrons. The van der Waals surface area contributed by atoms with Crippen molar-refractivity contribution in [2.45, 2.75) is 18.2 Å². The van der Waals surface area contributed by atoms with E-state index in [4.69, 9.17) is 9.68 Å².